The summed E-state index contributed by atoms with van der Waals surface area (Å²) in [6.07, 6.45) is 0.765. The van der Waals surface area contributed by atoms with Crippen LogP contribution in [0.5, 0.6) is 5.75 Å². The first-order chi connectivity index (χ1) is 12.7. The zero-order valence-electron chi connectivity index (χ0n) is 14.1. The van der Waals surface area contributed by atoms with Gasteiger partial charge in [0, 0.05) is 17.0 Å². The van der Waals surface area contributed by atoms with Crippen molar-refractivity contribution in [2.45, 2.75) is 19.4 Å². The topological polar surface area (TPSA) is 74.5 Å². The Morgan fingerprint density at radius 1 is 1.15 bits per heavy atom. The van der Waals surface area contributed by atoms with E-state index in [9.17, 15) is 4.79 Å². The Morgan fingerprint density at radius 2 is 1.92 bits per heavy atom. The Hall–Kier alpha value is -2.86. The van der Waals surface area contributed by atoms with Crippen LogP contribution >= 0.6 is 11.6 Å². The van der Waals surface area contributed by atoms with E-state index in [1.165, 1.54) is 0 Å². The van der Waals surface area contributed by atoms with Gasteiger partial charge in [0.2, 0.25) is 5.82 Å². The Kier molecular flexibility index (Phi) is 5.86. The SMILES string of the molecule is COc1ccccc1CCC(=O)OCc1nc(-c2ccc(Cl)cc2)no1. The Balaban J connectivity index is 1.51. The number of halogens is 1. The van der Waals surface area contributed by atoms with E-state index in [0.717, 1.165) is 16.9 Å². The summed E-state index contributed by atoms with van der Waals surface area (Å²) in [5.41, 5.74) is 1.72. The fourth-order valence-electron chi connectivity index (χ4n) is 2.39. The van der Waals surface area contributed by atoms with E-state index in [1.54, 1.807) is 31.4 Å². The summed E-state index contributed by atoms with van der Waals surface area (Å²) in [5, 5.41) is 4.50. The van der Waals surface area contributed by atoms with Gasteiger partial charge in [-0.15, -0.1) is 0 Å². The van der Waals surface area contributed by atoms with Gasteiger partial charge in [-0.05, 0) is 42.3 Å². The van der Waals surface area contributed by atoms with Crippen LogP contribution in [-0.2, 0) is 22.6 Å². The number of hydrogen-bond donors (Lipinski definition) is 0. The summed E-state index contributed by atoms with van der Waals surface area (Å²) in [6.45, 7) is -0.0641. The molecule has 0 saturated heterocycles. The van der Waals surface area contributed by atoms with Gasteiger partial charge < -0.3 is 14.0 Å². The van der Waals surface area contributed by atoms with E-state index in [4.69, 9.17) is 25.6 Å². The van der Waals surface area contributed by atoms with E-state index < -0.39 is 0 Å². The number of carbonyl (C=O) groups excluding carboxylic acids is 1. The average molecular weight is 373 g/mol. The molecule has 1 aromatic heterocycles. The van der Waals surface area contributed by atoms with Crippen molar-refractivity contribution in [2.75, 3.05) is 7.11 Å². The number of para-hydroxylation sites is 1. The zero-order valence-corrected chi connectivity index (χ0v) is 14.9. The standard InChI is InChI=1S/C19H17ClN2O4/c1-24-16-5-3-2-4-13(16)8-11-18(23)25-12-17-21-19(22-26-17)14-6-9-15(20)10-7-14/h2-7,9-10H,8,11-12H2,1H3. The molecule has 2 aromatic carbocycles. The summed E-state index contributed by atoms with van der Waals surface area (Å²) in [4.78, 5) is 16.1. The van der Waals surface area contributed by atoms with Crippen molar-refractivity contribution < 1.29 is 18.8 Å². The van der Waals surface area contributed by atoms with Crippen molar-refractivity contribution in [1.29, 1.82) is 0 Å². The molecule has 0 aliphatic heterocycles. The molecule has 0 saturated carbocycles. The van der Waals surface area contributed by atoms with Gasteiger partial charge in [-0.1, -0.05) is 35.0 Å². The first-order valence-corrected chi connectivity index (χ1v) is 8.39. The molecular formula is C19H17ClN2O4. The Labute approximate surface area is 155 Å². The molecule has 3 aromatic rings. The van der Waals surface area contributed by atoms with Crippen LogP contribution in [0.4, 0.5) is 0 Å². The Bertz CT molecular complexity index is 877. The fourth-order valence-corrected chi connectivity index (χ4v) is 2.52. The summed E-state index contributed by atoms with van der Waals surface area (Å²) in [6, 6.07) is 14.6. The highest BCUT2D eigenvalue weighted by Crippen LogP contribution is 2.20. The number of methoxy groups -OCH3 is 1. The molecule has 0 spiro atoms. The molecule has 0 atom stereocenters. The predicted molar refractivity (Wildman–Crippen MR) is 95.9 cm³/mol. The lowest BCUT2D eigenvalue weighted by atomic mass is 10.1. The van der Waals surface area contributed by atoms with Crippen molar-refractivity contribution >= 4 is 17.6 Å². The van der Waals surface area contributed by atoms with Crippen LogP contribution in [0.3, 0.4) is 0 Å². The molecule has 0 N–H and O–H groups in total. The number of esters is 1. The molecule has 26 heavy (non-hydrogen) atoms. The van der Waals surface area contributed by atoms with E-state index in [-0.39, 0.29) is 24.9 Å². The van der Waals surface area contributed by atoms with Gasteiger partial charge >= 0.3 is 5.97 Å². The van der Waals surface area contributed by atoms with Gasteiger partial charge in [0.05, 0.1) is 7.11 Å². The largest absolute Gasteiger partial charge is 0.496 e. The molecule has 0 fully saturated rings. The van der Waals surface area contributed by atoms with Gasteiger partial charge in [-0.2, -0.15) is 4.98 Å². The normalized spacial score (nSPS) is 10.5. The maximum Gasteiger partial charge on any atom is 0.306 e. The molecule has 0 amide bonds. The number of aryl methyl sites for hydroxylation is 1. The van der Waals surface area contributed by atoms with Gasteiger partial charge in [0.25, 0.3) is 5.89 Å². The quantitative estimate of drug-likeness (QED) is 0.582. The highest BCUT2D eigenvalue weighted by molar-refractivity contribution is 6.30. The summed E-state index contributed by atoms with van der Waals surface area (Å²) in [7, 11) is 1.60. The monoisotopic (exact) mass is 372 g/mol. The van der Waals surface area contributed by atoms with Crippen LogP contribution in [-0.4, -0.2) is 23.2 Å². The number of nitrogens with zero attached hydrogens (tertiary/aromatic N) is 2. The summed E-state index contributed by atoms with van der Waals surface area (Å²) >= 11 is 5.85. The van der Waals surface area contributed by atoms with Crippen LogP contribution in [0.1, 0.15) is 17.9 Å². The molecule has 0 aliphatic rings. The lowest BCUT2D eigenvalue weighted by Crippen LogP contribution is -2.06. The number of aromatic nitrogens is 2. The highest BCUT2D eigenvalue weighted by Gasteiger charge is 2.12. The molecule has 6 nitrogen and oxygen atoms in total. The highest BCUT2D eigenvalue weighted by atomic mass is 35.5. The van der Waals surface area contributed by atoms with Gasteiger partial charge in [-0.25, -0.2) is 0 Å². The number of benzene rings is 2. The molecule has 0 aliphatic carbocycles. The van der Waals surface area contributed by atoms with Crippen molar-refractivity contribution in [3.63, 3.8) is 0 Å². The maximum atomic E-state index is 11.9. The number of rotatable bonds is 7. The molecular weight excluding hydrogens is 356 g/mol. The molecule has 3 rings (SSSR count). The minimum absolute atomic E-state index is 0.0641. The van der Waals surface area contributed by atoms with Crippen LogP contribution < -0.4 is 4.74 Å². The fraction of sp³-hybridized carbons (Fsp3) is 0.211. The van der Waals surface area contributed by atoms with Crippen molar-refractivity contribution in [3.05, 3.63) is 65.0 Å². The zero-order chi connectivity index (χ0) is 18.4. The molecule has 0 unspecified atom stereocenters. The summed E-state index contributed by atoms with van der Waals surface area (Å²) < 4.78 is 15.6. The van der Waals surface area contributed by atoms with Crippen LogP contribution in [0.15, 0.2) is 53.1 Å². The number of ether oxygens (including phenoxy) is 2. The smallest absolute Gasteiger partial charge is 0.306 e. The molecule has 0 radical (unpaired) electrons. The third-order valence-electron chi connectivity index (χ3n) is 3.72. The van der Waals surface area contributed by atoms with Gasteiger partial charge in [0.1, 0.15) is 5.75 Å². The maximum absolute atomic E-state index is 11.9. The van der Waals surface area contributed by atoms with Crippen molar-refractivity contribution in [2.24, 2.45) is 0 Å². The second-order valence-electron chi connectivity index (χ2n) is 5.49. The van der Waals surface area contributed by atoms with E-state index >= 15 is 0 Å². The minimum atomic E-state index is -0.345. The van der Waals surface area contributed by atoms with Crippen LogP contribution in [0, 0.1) is 0 Å². The predicted octanol–water partition coefficient (Wildman–Crippen LogP) is 4.07. The molecule has 7 heteroatoms. The third-order valence-corrected chi connectivity index (χ3v) is 3.97. The number of hydrogen-bond acceptors (Lipinski definition) is 6. The Morgan fingerprint density at radius 3 is 2.69 bits per heavy atom. The molecule has 134 valence electrons. The van der Waals surface area contributed by atoms with Gasteiger partial charge in [-0.3, -0.25) is 4.79 Å². The van der Waals surface area contributed by atoms with Gasteiger partial charge in [0.15, 0.2) is 6.61 Å². The lowest BCUT2D eigenvalue weighted by Gasteiger charge is -2.07. The van der Waals surface area contributed by atoms with E-state index in [1.807, 2.05) is 24.3 Å². The summed E-state index contributed by atoms with van der Waals surface area (Å²) in [5.74, 6) is 1.06. The first-order valence-electron chi connectivity index (χ1n) is 8.02. The molecule has 0 bridgehead atoms. The third kappa shape index (κ3) is 4.61. The molecule has 1 heterocycles. The number of carbonyl (C=O) groups is 1. The van der Waals surface area contributed by atoms with Crippen LogP contribution in [0.25, 0.3) is 11.4 Å². The van der Waals surface area contributed by atoms with Crippen molar-refractivity contribution in [3.8, 4) is 17.1 Å². The average Bonchev–Trinajstić information content (AvgIpc) is 3.14. The second kappa shape index (κ2) is 8.49. The van der Waals surface area contributed by atoms with E-state index in [0.29, 0.717) is 17.3 Å². The minimum Gasteiger partial charge on any atom is -0.496 e. The second-order valence-corrected chi connectivity index (χ2v) is 5.93. The lowest BCUT2D eigenvalue weighted by molar-refractivity contribution is -0.145. The van der Waals surface area contributed by atoms with E-state index in [2.05, 4.69) is 10.1 Å². The first kappa shape index (κ1) is 17.9. The van der Waals surface area contributed by atoms with Crippen molar-refractivity contribution in [1.82, 2.24) is 10.1 Å². The van der Waals surface area contributed by atoms with Crippen LogP contribution in [0.2, 0.25) is 5.02 Å².